The van der Waals surface area contributed by atoms with Crippen LogP contribution in [-0.2, 0) is 51.3 Å². The third-order valence-electron chi connectivity index (χ3n) is 10.3. The van der Waals surface area contributed by atoms with Gasteiger partial charge in [0.15, 0.2) is 12.0 Å². The molecule has 0 aliphatic carbocycles. The van der Waals surface area contributed by atoms with Crippen molar-refractivity contribution >= 4 is 69.4 Å². The largest absolute Gasteiger partial charge is 0.364 e. The SMILES string of the molecule is CC1(C)C(=CC=CC=CC2=[N+](CCCS(=O)(=O)O)c3cccc(C(O)O)c3C2(C)C)N(CCCS(=O)(=O)O)c2cc(C(=O)NCCS(=O)(=O)O)cc(C(=O)NCCS(=O)(=O)O)c21. The van der Waals surface area contributed by atoms with Crippen LogP contribution in [0.1, 0.15) is 84.2 Å². The Labute approximate surface area is 360 Å². The number of carbonyl (C=O) groups is 2. The average molecular weight is 948 g/mol. The molecule has 0 saturated heterocycles. The molecule has 0 unspecified atom stereocenters. The van der Waals surface area contributed by atoms with Crippen LogP contribution in [0.2, 0.25) is 0 Å². The van der Waals surface area contributed by atoms with Crippen LogP contribution in [0.3, 0.4) is 0 Å². The second kappa shape index (κ2) is 19.2. The molecule has 0 spiro atoms. The zero-order chi connectivity index (χ0) is 46.6. The third-order valence-corrected chi connectivity index (χ3v) is 13.3. The number of fused-ring (bicyclic) bond motifs is 2. The standard InChI is InChI=1S/C38H50N4O16S4/c1-37(2)30(41(17-9-19-59(47,48)49)28-12-8-11-26(32(28)37)36(45)46)13-6-5-7-14-31-38(3,4)33-27(35(44)40-16-22-62(56,57)58)23-25(34(43)39-15-21-61(53,54)55)24-29(33)42(31)18-10-20-60(50,51)52/h5-8,11-14,23-24,36,45-46H,9-10,15-22H2,1-4H3,(H5-,39,40,43,44,47,48,49,50,51,52,53,54,55,56,57,58)/p+1. The van der Waals surface area contributed by atoms with E-state index in [0.29, 0.717) is 28.2 Å². The lowest BCUT2D eigenvalue weighted by atomic mass is 9.79. The number of allylic oxidation sites excluding steroid dienone is 6. The molecule has 0 radical (unpaired) electrons. The van der Waals surface area contributed by atoms with Gasteiger partial charge in [-0.1, -0.05) is 44.2 Å². The number of hydrogen-bond acceptors (Lipinski definition) is 13. The molecule has 24 heteroatoms. The fraction of sp³-hybridized carbons (Fsp3) is 0.447. The number of anilines is 1. The first kappa shape index (κ1) is 50.3. The van der Waals surface area contributed by atoms with Crippen molar-refractivity contribution in [1.82, 2.24) is 10.6 Å². The summed E-state index contributed by atoms with van der Waals surface area (Å²) >= 11 is 0. The fourth-order valence-corrected chi connectivity index (χ4v) is 9.41. The summed E-state index contributed by atoms with van der Waals surface area (Å²) in [5.41, 5.74) is 0.932. The Morgan fingerprint density at radius 1 is 0.726 bits per heavy atom. The fourth-order valence-electron chi connectivity index (χ4n) is 7.71. The van der Waals surface area contributed by atoms with Crippen molar-refractivity contribution in [3.63, 3.8) is 0 Å². The summed E-state index contributed by atoms with van der Waals surface area (Å²) in [6, 6.07) is 7.54. The maximum atomic E-state index is 13.7. The first-order chi connectivity index (χ1) is 28.4. The van der Waals surface area contributed by atoms with Gasteiger partial charge < -0.3 is 25.7 Å². The van der Waals surface area contributed by atoms with Crippen LogP contribution in [0.4, 0.5) is 11.4 Å². The Morgan fingerprint density at radius 3 is 1.85 bits per heavy atom. The summed E-state index contributed by atoms with van der Waals surface area (Å²) in [5.74, 6) is -4.53. The van der Waals surface area contributed by atoms with E-state index >= 15 is 0 Å². The van der Waals surface area contributed by atoms with Gasteiger partial charge in [0.1, 0.15) is 6.54 Å². The monoisotopic (exact) mass is 947 g/mol. The topological polar surface area (TPSA) is 322 Å². The molecular formula is C38H51N4O16S4+. The highest BCUT2D eigenvalue weighted by Gasteiger charge is 2.47. The first-order valence-corrected chi connectivity index (χ1v) is 25.4. The number of hydrogen-bond donors (Lipinski definition) is 8. The minimum Gasteiger partial charge on any atom is -0.364 e. The molecule has 342 valence electrons. The van der Waals surface area contributed by atoms with E-state index in [0.717, 1.165) is 0 Å². The number of rotatable bonds is 20. The number of benzene rings is 2. The molecule has 2 aliphatic rings. The summed E-state index contributed by atoms with van der Waals surface area (Å²) in [5, 5.41) is 25.1. The summed E-state index contributed by atoms with van der Waals surface area (Å²) in [7, 11) is -17.6. The second-order valence-corrected chi connectivity index (χ2v) is 21.9. The summed E-state index contributed by atoms with van der Waals surface area (Å²) in [6.45, 7) is 6.22. The van der Waals surface area contributed by atoms with Gasteiger partial charge in [0.2, 0.25) is 5.69 Å². The lowest BCUT2D eigenvalue weighted by Gasteiger charge is -2.27. The van der Waals surface area contributed by atoms with Crippen molar-refractivity contribution in [2.24, 2.45) is 0 Å². The van der Waals surface area contributed by atoms with E-state index in [1.54, 1.807) is 67.3 Å². The van der Waals surface area contributed by atoms with Crippen LogP contribution in [0.25, 0.3) is 0 Å². The van der Waals surface area contributed by atoms with Crippen LogP contribution in [0.15, 0.2) is 66.4 Å². The number of aliphatic hydroxyl groups is 2. The van der Waals surface area contributed by atoms with E-state index < -0.39 is 106 Å². The Balaban J connectivity index is 1.82. The first-order valence-electron chi connectivity index (χ1n) is 19.0. The highest BCUT2D eigenvalue weighted by atomic mass is 32.2. The molecule has 2 heterocycles. The summed E-state index contributed by atoms with van der Waals surface area (Å²) in [4.78, 5) is 28.7. The quantitative estimate of drug-likeness (QED) is 0.0405. The zero-order valence-corrected chi connectivity index (χ0v) is 37.5. The number of carbonyl (C=O) groups excluding carboxylic acids is 2. The van der Waals surface area contributed by atoms with Gasteiger partial charge in [-0.25, -0.2) is 0 Å². The lowest BCUT2D eigenvalue weighted by Crippen LogP contribution is -2.32. The maximum absolute atomic E-state index is 13.7. The Bertz CT molecular complexity index is 2670. The normalized spacial score (nSPS) is 17.1. The molecule has 0 atom stereocenters. The number of aliphatic hydroxyl groups excluding tert-OH is 1. The van der Waals surface area contributed by atoms with Gasteiger partial charge >= 0.3 is 0 Å². The van der Waals surface area contributed by atoms with E-state index in [1.165, 1.54) is 12.1 Å². The molecule has 2 aromatic rings. The predicted molar refractivity (Wildman–Crippen MR) is 229 cm³/mol. The molecule has 8 N–H and O–H groups in total. The molecule has 62 heavy (non-hydrogen) atoms. The molecule has 2 aromatic carbocycles. The summed E-state index contributed by atoms with van der Waals surface area (Å²) < 4.78 is 131. The van der Waals surface area contributed by atoms with E-state index in [9.17, 15) is 67.1 Å². The summed E-state index contributed by atoms with van der Waals surface area (Å²) in [6.07, 6.45) is 6.44. The molecule has 2 amide bonds. The van der Waals surface area contributed by atoms with E-state index in [4.69, 9.17) is 4.55 Å². The van der Waals surface area contributed by atoms with Crippen molar-refractivity contribution in [2.75, 3.05) is 54.1 Å². The second-order valence-electron chi connectivity index (χ2n) is 15.6. The van der Waals surface area contributed by atoms with Crippen LogP contribution in [-0.4, -0.2) is 133 Å². The van der Waals surface area contributed by atoms with E-state index in [1.807, 2.05) is 18.4 Å². The maximum Gasteiger partial charge on any atom is 0.266 e. The third kappa shape index (κ3) is 12.9. The molecular weight excluding hydrogens is 897 g/mol. The van der Waals surface area contributed by atoms with Crippen LogP contribution in [0.5, 0.6) is 0 Å². The highest BCUT2D eigenvalue weighted by molar-refractivity contribution is 7.86. The van der Waals surface area contributed by atoms with Crippen molar-refractivity contribution in [3.05, 3.63) is 94.2 Å². The predicted octanol–water partition coefficient (Wildman–Crippen LogP) is 1.63. The Kier molecular flexibility index (Phi) is 15.5. The molecule has 0 bridgehead atoms. The molecule has 4 rings (SSSR count). The molecule has 2 aliphatic heterocycles. The van der Waals surface area contributed by atoms with Gasteiger partial charge in [-0.2, -0.15) is 38.2 Å². The number of nitrogens with zero attached hydrogens (tertiary/aromatic N) is 2. The smallest absolute Gasteiger partial charge is 0.266 e. The number of nitrogens with one attached hydrogen (secondary N) is 2. The highest BCUT2D eigenvalue weighted by Crippen LogP contribution is 2.50. The molecule has 0 fully saturated rings. The van der Waals surface area contributed by atoms with Gasteiger partial charge in [-0.15, -0.1) is 0 Å². The Hall–Kier alpha value is -4.37. The molecule has 0 aromatic heterocycles. The van der Waals surface area contributed by atoms with Gasteiger partial charge in [-0.3, -0.25) is 27.8 Å². The van der Waals surface area contributed by atoms with Gasteiger partial charge in [0.25, 0.3) is 52.3 Å². The number of amides is 2. The molecule has 0 saturated carbocycles. The zero-order valence-electron chi connectivity index (χ0n) is 34.2. The van der Waals surface area contributed by atoms with Crippen molar-refractivity contribution in [3.8, 4) is 0 Å². The van der Waals surface area contributed by atoms with E-state index in [2.05, 4.69) is 10.6 Å². The van der Waals surface area contributed by atoms with Crippen LogP contribution >= 0.6 is 0 Å². The minimum atomic E-state index is -4.48. The lowest BCUT2D eigenvalue weighted by molar-refractivity contribution is -0.437. The van der Waals surface area contributed by atoms with Gasteiger partial charge in [0, 0.05) is 82.8 Å². The van der Waals surface area contributed by atoms with Gasteiger partial charge in [0.05, 0.1) is 28.4 Å². The van der Waals surface area contributed by atoms with Crippen LogP contribution < -0.4 is 15.5 Å². The van der Waals surface area contributed by atoms with E-state index in [-0.39, 0.29) is 48.3 Å². The van der Waals surface area contributed by atoms with Crippen molar-refractivity contribution in [1.29, 1.82) is 0 Å². The average Bonchev–Trinajstić information content (AvgIpc) is 3.47. The minimum absolute atomic E-state index is 0.0388. The Morgan fingerprint density at radius 2 is 1.29 bits per heavy atom. The van der Waals surface area contributed by atoms with Crippen molar-refractivity contribution < 1.29 is 76.3 Å². The van der Waals surface area contributed by atoms with Crippen LogP contribution in [0, 0.1) is 0 Å². The van der Waals surface area contributed by atoms with Crippen molar-refractivity contribution in [2.45, 2.75) is 57.7 Å². The van der Waals surface area contributed by atoms with Gasteiger partial charge in [-0.05, 0) is 38.5 Å². The molecule has 20 nitrogen and oxygen atoms in total.